The van der Waals surface area contributed by atoms with Crippen LogP contribution in [0.4, 0.5) is 4.39 Å². The minimum absolute atomic E-state index is 0.0522. The maximum absolute atomic E-state index is 14.0. The van der Waals surface area contributed by atoms with Gasteiger partial charge in [-0.3, -0.25) is 9.69 Å². The van der Waals surface area contributed by atoms with Crippen molar-refractivity contribution in [1.82, 2.24) is 15.2 Å². The summed E-state index contributed by atoms with van der Waals surface area (Å²) in [6, 6.07) is 6.88. The van der Waals surface area contributed by atoms with Crippen LogP contribution in [-0.2, 0) is 11.3 Å². The van der Waals surface area contributed by atoms with Crippen LogP contribution in [0.15, 0.2) is 35.8 Å². The molecule has 1 N–H and O–H groups in total. The highest BCUT2D eigenvalue weighted by Crippen LogP contribution is 2.32. The minimum atomic E-state index is -0.154. The molecule has 1 fully saturated rings. The van der Waals surface area contributed by atoms with E-state index in [1.54, 1.807) is 23.6 Å². The summed E-state index contributed by atoms with van der Waals surface area (Å²) in [5.41, 5.74) is 0.727. The Morgan fingerprint density at radius 1 is 1.42 bits per heavy atom. The number of hydrogen-bond donors (Lipinski definition) is 1. The van der Waals surface area contributed by atoms with Crippen LogP contribution in [0.3, 0.4) is 0 Å². The summed E-state index contributed by atoms with van der Waals surface area (Å²) in [6.45, 7) is 6.19. The number of nitrogens with one attached hydrogen (secondary N) is 1. The van der Waals surface area contributed by atoms with Crippen molar-refractivity contribution >= 4 is 17.2 Å². The molecule has 0 saturated carbocycles. The van der Waals surface area contributed by atoms with Gasteiger partial charge in [0.25, 0.3) is 0 Å². The number of hydrogen-bond acceptors (Lipinski definition) is 4. The van der Waals surface area contributed by atoms with E-state index in [4.69, 9.17) is 0 Å². The van der Waals surface area contributed by atoms with Crippen molar-refractivity contribution in [3.8, 4) is 0 Å². The highest BCUT2D eigenvalue weighted by molar-refractivity contribution is 7.09. The molecular weight excluding hydrogens is 349 g/mol. The molecule has 0 aliphatic carbocycles. The van der Waals surface area contributed by atoms with E-state index in [0.717, 1.165) is 36.5 Å². The second-order valence-corrected chi connectivity index (χ2v) is 8.17. The number of rotatable bonds is 6. The van der Waals surface area contributed by atoms with E-state index in [0.29, 0.717) is 6.54 Å². The molecule has 4 nitrogen and oxygen atoms in total. The predicted octanol–water partition coefficient (Wildman–Crippen LogP) is 4.01. The predicted molar refractivity (Wildman–Crippen MR) is 102 cm³/mol. The highest BCUT2D eigenvalue weighted by atomic mass is 32.1. The quantitative estimate of drug-likeness (QED) is 0.830. The van der Waals surface area contributed by atoms with E-state index in [2.05, 4.69) is 15.2 Å². The average molecular weight is 376 g/mol. The fraction of sp³-hybridized carbons (Fsp3) is 0.500. The van der Waals surface area contributed by atoms with Gasteiger partial charge in [0.15, 0.2) is 0 Å². The number of amides is 1. The molecule has 3 rings (SSSR count). The van der Waals surface area contributed by atoms with Gasteiger partial charge in [-0.1, -0.05) is 32.0 Å². The SMILES string of the molecule is CC(C)C(=O)N[C@@H](c1nccs1)[C@H]1CCCN(Cc2ccccc2F)C1. The molecule has 1 aliphatic rings. The first-order valence-corrected chi connectivity index (χ1v) is 10.1. The number of aromatic nitrogens is 1. The summed E-state index contributed by atoms with van der Waals surface area (Å²) in [5, 5.41) is 6.10. The molecule has 1 aromatic heterocycles. The summed E-state index contributed by atoms with van der Waals surface area (Å²) in [6.07, 6.45) is 3.86. The van der Waals surface area contributed by atoms with E-state index in [1.165, 1.54) is 6.07 Å². The third kappa shape index (κ3) is 4.68. The van der Waals surface area contributed by atoms with E-state index in [1.807, 2.05) is 31.4 Å². The molecule has 6 heteroatoms. The molecule has 2 aromatic rings. The normalized spacial score (nSPS) is 19.5. The minimum Gasteiger partial charge on any atom is -0.346 e. The van der Waals surface area contributed by atoms with Crippen molar-refractivity contribution in [2.45, 2.75) is 39.3 Å². The summed E-state index contributed by atoms with van der Waals surface area (Å²) in [4.78, 5) is 19.0. The Balaban J connectivity index is 1.72. The van der Waals surface area contributed by atoms with Gasteiger partial charge < -0.3 is 5.32 Å². The van der Waals surface area contributed by atoms with Crippen LogP contribution >= 0.6 is 11.3 Å². The second-order valence-electron chi connectivity index (χ2n) is 7.24. The zero-order valence-electron chi connectivity index (χ0n) is 15.3. The van der Waals surface area contributed by atoms with Crippen molar-refractivity contribution in [2.75, 3.05) is 13.1 Å². The van der Waals surface area contributed by atoms with Crippen molar-refractivity contribution in [1.29, 1.82) is 0 Å². The third-order valence-corrected chi connectivity index (χ3v) is 5.76. The number of likely N-dealkylation sites (tertiary alicyclic amines) is 1. The number of carbonyl (C=O) groups excluding carboxylic acids is 1. The van der Waals surface area contributed by atoms with Gasteiger partial charge in [0.05, 0.1) is 6.04 Å². The molecule has 1 saturated heterocycles. The molecule has 140 valence electrons. The zero-order chi connectivity index (χ0) is 18.5. The largest absolute Gasteiger partial charge is 0.346 e. The van der Waals surface area contributed by atoms with E-state index >= 15 is 0 Å². The number of benzene rings is 1. The Kier molecular flexibility index (Phi) is 6.38. The fourth-order valence-electron chi connectivity index (χ4n) is 3.46. The van der Waals surface area contributed by atoms with Gasteiger partial charge in [-0.2, -0.15) is 0 Å². The van der Waals surface area contributed by atoms with Gasteiger partial charge in [-0.25, -0.2) is 9.37 Å². The van der Waals surface area contributed by atoms with E-state index in [9.17, 15) is 9.18 Å². The second kappa shape index (κ2) is 8.73. The maximum atomic E-state index is 14.0. The molecule has 0 bridgehead atoms. The van der Waals surface area contributed by atoms with Crippen molar-refractivity contribution < 1.29 is 9.18 Å². The molecule has 2 heterocycles. The number of nitrogens with zero attached hydrogens (tertiary/aromatic N) is 2. The molecule has 26 heavy (non-hydrogen) atoms. The number of halogens is 1. The molecule has 1 amide bonds. The molecule has 1 aromatic carbocycles. The van der Waals surface area contributed by atoms with Crippen LogP contribution < -0.4 is 5.32 Å². The van der Waals surface area contributed by atoms with Crippen molar-refractivity contribution in [3.05, 3.63) is 52.2 Å². The summed E-state index contributed by atoms with van der Waals surface area (Å²) < 4.78 is 14.0. The summed E-state index contributed by atoms with van der Waals surface area (Å²) in [7, 11) is 0. The summed E-state index contributed by atoms with van der Waals surface area (Å²) in [5.74, 6) is 0.121. The first kappa shape index (κ1) is 19.0. The van der Waals surface area contributed by atoms with Crippen molar-refractivity contribution in [2.24, 2.45) is 11.8 Å². The Morgan fingerprint density at radius 2 is 2.23 bits per heavy atom. The van der Waals surface area contributed by atoms with Gasteiger partial charge >= 0.3 is 0 Å². The Morgan fingerprint density at radius 3 is 2.92 bits per heavy atom. The lowest BCUT2D eigenvalue weighted by atomic mass is 9.90. The Bertz CT molecular complexity index is 720. The molecule has 2 atom stereocenters. The lowest BCUT2D eigenvalue weighted by Gasteiger charge is -2.37. The van der Waals surface area contributed by atoms with Crippen LogP contribution in [0, 0.1) is 17.7 Å². The number of thiazole rings is 1. The molecule has 1 aliphatic heterocycles. The smallest absolute Gasteiger partial charge is 0.223 e. The Labute approximate surface area is 158 Å². The lowest BCUT2D eigenvalue weighted by Crippen LogP contribution is -2.43. The number of piperidine rings is 1. The fourth-order valence-corrected chi connectivity index (χ4v) is 4.24. The molecule has 0 radical (unpaired) electrons. The standard InChI is InChI=1S/C20H26FN3OS/c1-14(2)19(25)23-18(20-22-9-11-26-20)16-7-5-10-24(13-16)12-15-6-3-4-8-17(15)21/h3-4,6,8-9,11,14,16,18H,5,7,10,12-13H2,1-2H3,(H,23,25)/t16-,18+/m0/s1. The average Bonchev–Trinajstić information content (AvgIpc) is 3.16. The topological polar surface area (TPSA) is 45.2 Å². The third-order valence-electron chi connectivity index (χ3n) is 4.90. The van der Waals surface area contributed by atoms with Crippen LogP contribution in [0.2, 0.25) is 0 Å². The van der Waals surface area contributed by atoms with Crippen LogP contribution in [-0.4, -0.2) is 28.9 Å². The first-order valence-electron chi connectivity index (χ1n) is 9.20. The monoisotopic (exact) mass is 375 g/mol. The zero-order valence-corrected chi connectivity index (χ0v) is 16.1. The van der Waals surface area contributed by atoms with Crippen LogP contribution in [0.1, 0.15) is 43.3 Å². The lowest BCUT2D eigenvalue weighted by molar-refractivity contribution is -0.125. The van der Waals surface area contributed by atoms with E-state index in [-0.39, 0.29) is 29.6 Å². The van der Waals surface area contributed by atoms with Gasteiger partial charge in [-0.05, 0) is 31.4 Å². The van der Waals surface area contributed by atoms with Gasteiger partial charge in [0.1, 0.15) is 10.8 Å². The van der Waals surface area contributed by atoms with Crippen LogP contribution in [0.5, 0.6) is 0 Å². The first-order chi connectivity index (χ1) is 12.5. The Hall–Kier alpha value is -1.79. The molecular formula is C20H26FN3OS. The van der Waals surface area contributed by atoms with E-state index < -0.39 is 0 Å². The summed E-state index contributed by atoms with van der Waals surface area (Å²) >= 11 is 1.58. The molecule has 0 spiro atoms. The maximum Gasteiger partial charge on any atom is 0.223 e. The number of carbonyl (C=O) groups is 1. The highest BCUT2D eigenvalue weighted by Gasteiger charge is 2.31. The van der Waals surface area contributed by atoms with Gasteiger partial charge in [0, 0.05) is 36.1 Å². The van der Waals surface area contributed by atoms with Crippen LogP contribution in [0.25, 0.3) is 0 Å². The van der Waals surface area contributed by atoms with Gasteiger partial charge in [-0.15, -0.1) is 11.3 Å². The van der Waals surface area contributed by atoms with Crippen molar-refractivity contribution in [3.63, 3.8) is 0 Å². The van der Waals surface area contributed by atoms with Gasteiger partial charge in [0.2, 0.25) is 5.91 Å². The molecule has 0 unspecified atom stereocenters.